The number of rotatable bonds is 5. The van der Waals surface area contributed by atoms with E-state index >= 15 is 0 Å². The second kappa shape index (κ2) is 8.33. The van der Waals surface area contributed by atoms with Gasteiger partial charge in [-0.15, -0.1) is 11.8 Å². The van der Waals surface area contributed by atoms with E-state index in [0.717, 1.165) is 11.4 Å². The molecule has 0 saturated carbocycles. The quantitative estimate of drug-likeness (QED) is 0.803. The van der Waals surface area contributed by atoms with Crippen molar-refractivity contribution in [3.05, 3.63) is 11.4 Å². The molecule has 0 atom stereocenters. The number of thioether (sulfide) groups is 1. The van der Waals surface area contributed by atoms with Crippen molar-refractivity contribution in [2.24, 2.45) is 0 Å². The van der Waals surface area contributed by atoms with Gasteiger partial charge in [0, 0.05) is 31.9 Å². The Kier molecular flexibility index (Phi) is 6.44. The van der Waals surface area contributed by atoms with Gasteiger partial charge in [-0.05, 0) is 13.8 Å². The minimum atomic E-state index is -0.296. The lowest BCUT2D eigenvalue weighted by atomic mass is 10.3. The van der Waals surface area contributed by atoms with Crippen LogP contribution in [-0.4, -0.2) is 69.1 Å². The van der Waals surface area contributed by atoms with E-state index in [-0.39, 0.29) is 12.0 Å². The summed E-state index contributed by atoms with van der Waals surface area (Å²) in [7, 11) is 0. The fourth-order valence-electron chi connectivity index (χ4n) is 2.06. The predicted molar refractivity (Wildman–Crippen MR) is 86.0 cm³/mol. The van der Waals surface area contributed by atoms with Gasteiger partial charge in [-0.25, -0.2) is 4.79 Å². The highest BCUT2D eigenvalue weighted by Crippen LogP contribution is 2.15. The number of aryl methyl sites for hydroxylation is 1. The van der Waals surface area contributed by atoms with Crippen molar-refractivity contribution in [1.29, 1.82) is 0 Å². The lowest BCUT2D eigenvalue weighted by Crippen LogP contribution is -2.51. The van der Waals surface area contributed by atoms with Gasteiger partial charge >= 0.3 is 6.09 Å². The minimum Gasteiger partial charge on any atom is -0.450 e. The second-order valence-electron chi connectivity index (χ2n) is 4.86. The smallest absolute Gasteiger partial charge is 0.409 e. The number of hydrogen-bond donors (Lipinski definition) is 0. The summed E-state index contributed by atoms with van der Waals surface area (Å²) in [6.07, 6.45) is -0.296. The Balaban J connectivity index is 1.69. The van der Waals surface area contributed by atoms with Crippen LogP contribution in [0.1, 0.15) is 18.3 Å². The molecule has 1 aromatic rings. The highest BCUT2D eigenvalue weighted by atomic mass is 32.2. The molecule has 0 N–H and O–H groups in total. The molecular formula is C13H20N4O3S2. The van der Waals surface area contributed by atoms with Crippen LogP contribution in [0.25, 0.3) is 0 Å². The average molecular weight is 344 g/mol. The van der Waals surface area contributed by atoms with Crippen molar-refractivity contribution in [2.75, 3.05) is 38.5 Å². The maximum Gasteiger partial charge on any atom is 0.409 e. The van der Waals surface area contributed by atoms with Gasteiger partial charge in [0.2, 0.25) is 5.91 Å². The van der Waals surface area contributed by atoms with Crippen LogP contribution in [0.15, 0.2) is 0 Å². The van der Waals surface area contributed by atoms with E-state index in [9.17, 15) is 9.59 Å². The van der Waals surface area contributed by atoms with Gasteiger partial charge in [0.05, 0.1) is 35.5 Å². The number of piperazine rings is 1. The Morgan fingerprint density at radius 3 is 2.50 bits per heavy atom. The molecule has 0 spiro atoms. The Morgan fingerprint density at radius 1 is 1.23 bits per heavy atom. The lowest BCUT2D eigenvalue weighted by molar-refractivity contribution is -0.129. The average Bonchev–Trinajstić information content (AvgIpc) is 2.93. The summed E-state index contributed by atoms with van der Waals surface area (Å²) in [6.45, 7) is 6.28. The maximum absolute atomic E-state index is 12.2. The third-order valence-electron chi connectivity index (χ3n) is 3.37. The van der Waals surface area contributed by atoms with Crippen LogP contribution in [0, 0.1) is 6.92 Å². The van der Waals surface area contributed by atoms with Gasteiger partial charge in [-0.1, -0.05) is 0 Å². The van der Waals surface area contributed by atoms with E-state index in [4.69, 9.17) is 4.74 Å². The molecule has 0 aliphatic carbocycles. The largest absolute Gasteiger partial charge is 0.450 e. The van der Waals surface area contributed by atoms with Gasteiger partial charge in [-0.2, -0.15) is 8.75 Å². The molecule has 1 saturated heterocycles. The molecule has 1 aliphatic rings. The molecule has 22 heavy (non-hydrogen) atoms. The Bertz CT molecular complexity index is 515. The van der Waals surface area contributed by atoms with E-state index in [0.29, 0.717) is 44.3 Å². The Morgan fingerprint density at radius 2 is 1.91 bits per heavy atom. The van der Waals surface area contributed by atoms with Crippen molar-refractivity contribution in [3.63, 3.8) is 0 Å². The van der Waals surface area contributed by atoms with Crippen LogP contribution in [0.2, 0.25) is 0 Å². The first-order chi connectivity index (χ1) is 10.6. The number of amides is 2. The highest BCUT2D eigenvalue weighted by molar-refractivity contribution is 7.99. The molecule has 7 nitrogen and oxygen atoms in total. The molecule has 2 heterocycles. The Labute approximate surface area is 138 Å². The van der Waals surface area contributed by atoms with Crippen molar-refractivity contribution in [3.8, 4) is 0 Å². The lowest BCUT2D eigenvalue weighted by Gasteiger charge is -2.34. The number of nitrogens with zero attached hydrogens (tertiary/aromatic N) is 4. The summed E-state index contributed by atoms with van der Waals surface area (Å²) in [5.41, 5.74) is 1.89. The van der Waals surface area contributed by atoms with Crippen molar-refractivity contribution in [2.45, 2.75) is 19.6 Å². The van der Waals surface area contributed by atoms with Gasteiger partial charge < -0.3 is 14.5 Å². The highest BCUT2D eigenvalue weighted by Gasteiger charge is 2.24. The molecule has 0 aromatic carbocycles. The first-order valence-corrected chi connectivity index (χ1v) is 9.05. The zero-order valence-corrected chi connectivity index (χ0v) is 14.4. The molecule has 2 amide bonds. The normalized spacial score (nSPS) is 15.0. The van der Waals surface area contributed by atoms with Crippen LogP contribution >= 0.6 is 23.5 Å². The van der Waals surface area contributed by atoms with Crippen LogP contribution in [0.5, 0.6) is 0 Å². The van der Waals surface area contributed by atoms with Crippen LogP contribution in [-0.2, 0) is 15.3 Å². The van der Waals surface area contributed by atoms with E-state index in [1.807, 2.05) is 6.92 Å². The monoisotopic (exact) mass is 344 g/mol. The molecule has 0 radical (unpaired) electrons. The van der Waals surface area contributed by atoms with E-state index in [1.165, 1.54) is 11.7 Å². The number of hydrogen-bond acceptors (Lipinski definition) is 7. The van der Waals surface area contributed by atoms with Gasteiger partial charge in [0.25, 0.3) is 0 Å². The third-order valence-corrected chi connectivity index (χ3v) is 4.96. The molecule has 0 unspecified atom stereocenters. The summed E-state index contributed by atoms with van der Waals surface area (Å²) in [4.78, 5) is 27.2. The molecule has 2 rings (SSSR count). The van der Waals surface area contributed by atoms with Crippen molar-refractivity contribution < 1.29 is 14.3 Å². The Hall–Kier alpha value is -1.35. The van der Waals surface area contributed by atoms with E-state index in [1.54, 1.807) is 28.5 Å². The predicted octanol–water partition coefficient (Wildman–Crippen LogP) is 1.38. The fourth-order valence-corrected chi connectivity index (χ4v) is 3.63. The summed E-state index contributed by atoms with van der Waals surface area (Å²) in [5, 5.41) is 0. The first kappa shape index (κ1) is 17.0. The number of ether oxygens (including phenoxy) is 1. The van der Waals surface area contributed by atoms with Crippen LogP contribution in [0.3, 0.4) is 0 Å². The van der Waals surface area contributed by atoms with Crippen LogP contribution in [0.4, 0.5) is 4.79 Å². The summed E-state index contributed by atoms with van der Waals surface area (Å²) in [5.74, 6) is 1.24. The van der Waals surface area contributed by atoms with Crippen molar-refractivity contribution >= 4 is 35.5 Å². The van der Waals surface area contributed by atoms with E-state index < -0.39 is 0 Å². The summed E-state index contributed by atoms with van der Waals surface area (Å²) in [6, 6.07) is 0. The molecule has 1 aromatic heterocycles. The molecule has 122 valence electrons. The second-order valence-corrected chi connectivity index (χ2v) is 6.37. The minimum absolute atomic E-state index is 0.106. The molecule has 1 fully saturated rings. The SMILES string of the molecule is CCOC(=O)N1CCN(C(=O)CSCc2nsnc2C)CC1. The molecule has 9 heteroatoms. The van der Waals surface area contributed by atoms with Gasteiger partial charge in [0.1, 0.15) is 0 Å². The van der Waals surface area contributed by atoms with Gasteiger partial charge in [0.15, 0.2) is 0 Å². The number of aromatic nitrogens is 2. The molecule has 1 aliphatic heterocycles. The zero-order chi connectivity index (χ0) is 15.9. The van der Waals surface area contributed by atoms with Crippen molar-refractivity contribution in [1.82, 2.24) is 18.5 Å². The number of carbonyl (C=O) groups is 2. The first-order valence-electron chi connectivity index (χ1n) is 7.17. The maximum atomic E-state index is 12.2. The zero-order valence-electron chi connectivity index (χ0n) is 12.8. The topological polar surface area (TPSA) is 75.6 Å². The third kappa shape index (κ3) is 4.57. The summed E-state index contributed by atoms with van der Waals surface area (Å²) >= 11 is 2.75. The molecular weight excluding hydrogens is 324 g/mol. The fraction of sp³-hybridized carbons (Fsp3) is 0.692. The number of carbonyl (C=O) groups excluding carboxylic acids is 2. The molecule has 0 bridgehead atoms. The van der Waals surface area contributed by atoms with Crippen LogP contribution < -0.4 is 0 Å². The van der Waals surface area contributed by atoms with E-state index in [2.05, 4.69) is 8.75 Å². The van der Waals surface area contributed by atoms with Gasteiger partial charge in [-0.3, -0.25) is 4.79 Å². The summed E-state index contributed by atoms with van der Waals surface area (Å²) < 4.78 is 13.3. The standard InChI is InChI=1S/C13H20N4O3S2/c1-3-20-13(19)17-6-4-16(5-7-17)12(18)9-21-8-11-10(2)14-22-15-11/h3-9H2,1-2H3.